The number of hydrogen-bond acceptors (Lipinski definition) is 4. The van der Waals surface area contributed by atoms with Gasteiger partial charge in [-0.05, 0) is 48.6 Å². The normalized spacial score (nSPS) is 11.1. The van der Waals surface area contributed by atoms with E-state index >= 15 is 0 Å². The third kappa shape index (κ3) is 1.86. The SMILES string of the molecule is Cc1nnc(-c2ccn3c(I)cnc3c2)nc1C. The summed E-state index contributed by atoms with van der Waals surface area (Å²) >= 11 is 2.25. The molecule has 0 aliphatic heterocycles. The Balaban J connectivity index is 2.16. The van der Waals surface area contributed by atoms with Crippen molar-refractivity contribution in [2.24, 2.45) is 0 Å². The predicted octanol–water partition coefficient (Wildman–Crippen LogP) is 2.41. The van der Waals surface area contributed by atoms with Crippen molar-refractivity contribution in [3.63, 3.8) is 0 Å². The van der Waals surface area contributed by atoms with Crippen molar-refractivity contribution < 1.29 is 0 Å². The Morgan fingerprint density at radius 2 is 2.00 bits per heavy atom. The lowest BCUT2D eigenvalue weighted by Crippen LogP contribution is -1.99. The molecule has 18 heavy (non-hydrogen) atoms. The van der Waals surface area contributed by atoms with Crippen molar-refractivity contribution in [2.75, 3.05) is 0 Å². The molecule has 0 aliphatic rings. The fourth-order valence-corrected chi connectivity index (χ4v) is 2.22. The molecule has 3 aromatic heterocycles. The van der Waals surface area contributed by atoms with Crippen LogP contribution in [-0.4, -0.2) is 24.6 Å². The first kappa shape index (κ1) is 11.5. The second-order valence-electron chi connectivity index (χ2n) is 4.03. The fraction of sp³-hybridized carbons (Fsp3) is 0.167. The maximum absolute atomic E-state index is 4.44. The molecule has 3 aromatic rings. The van der Waals surface area contributed by atoms with Crippen LogP contribution < -0.4 is 0 Å². The molecule has 6 heteroatoms. The number of rotatable bonds is 1. The van der Waals surface area contributed by atoms with Crippen LogP contribution in [0.2, 0.25) is 0 Å². The average Bonchev–Trinajstić information content (AvgIpc) is 2.74. The summed E-state index contributed by atoms with van der Waals surface area (Å²) in [5.74, 6) is 0.638. The monoisotopic (exact) mass is 351 g/mol. The van der Waals surface area contributed by atoms with E-state index in [0.717, 1.165) is 26.3 Å². The highest BCUT2D eigenvalue weighted by Gasteiger charge is 2.07. The van der Waals surface area contributed by atoms with Crippen LogP contribution >= 0.6 is 22.6 Å². The van der Waals surface area contributed by atoms with E-state index in [0.29, 0.717) is 5.82 Å². The topological polar surface area (TPSA) is 56.0 Å². The minimum atomic E-state index is 0.638. The van der Waals surface area contributed by atoms with Gasteiger partial charge in [0.1, 0.15) is 9.35 Å². The van der Waals surface area contributed by atoms with Crippen molar-refractivity contribution in [1.82, 2.24) is 24.6 Å². The van der Waals surface area contributed by atoms with E-state index in [-0.39, 0.29) is 0 Å². The Morgan fingerprint density at radius 3 is 2.78 bits per heavy atom. The molecule has 90 valence electrons. The zero-order chi connectivity index (χ0) is 12.7. The molecule has 0 aromatic carbocycles. The Hall–Kier alpha value is -1.57. The largest absolute Gasteiger partial charge is 0.295 e. The molecule has 3 rings (SSSR count). The van der Waals surface area contributed by atoms with Crippen molar-refractivity contribution in [1.29, 1.82) is 0 Å². The van der Waals surface area contributed by atoms with Gasteiger partial charge in [-0.15, -0.1) is 5.10 Å². The first-order chi connectivity index (χ1) is 8.65. The van der Waals surface area contributed by atoms with Crippen LogP contribution in [0.5, 0.6) is 0 Å². The van der Waals surface area contributed by atoms with E-state index in [9.17, 15) is 0 Å². The molecule has 5 nitrogen and oxygen atoms in total. The number of nitrogens with zero attached hydrogens (tertiary/aromatic N) is 5. The van der Waals surface area contributed by atoms with Crippen molar-refractivity contribution in [2.45, 2.75) is 13.8 Å². The van der Waals surface area contributed by atoms with E-state index in [1.165, 1.54) is 0 Å². The van der Waals surface area contributed by atoms with Gasteiger partial charge in [-0.2, -0.15) is 5.10 Å². The van der Waals surface area contributed by atoms with Gasteiger partial charge in [-0.25, -0.2) is 9.97 Å². The van der Waals surface area contributed by atoms with Crippen molar-refractivity contribution >= 4 is 28.2 Å². The highest BCUT2D eigenvalue weighted by atomic mass is 127. The summed E-state index contributed by atoms with van der Waals surface area (Å²) in [6.07, 6.45) is 3.80. The molecule has 0 atom stereocenters. The molecule has 0 N–H and O–H groups in total. The van der Waals surface area contributed by atoms with E-state index in [4.69, 9.17) is 0 Å². The molecular weight excluding hydrogens is 341 g/mol. The number of imidazole rings is 1. The van der Waals surface area contributed by atoms with E-state index < -0.39 is 0 Å². The smallest absolute Gasteiger partial charge is 0.182 e. The maximum atomic E-state index is 4.44. The molecule has 0 aliphatic carbocycles. The van der Waals surface area contributed by atoms with Gasteiger partial charge >= 0.3 is 0 Å². The molecule has 0 saturated carbocycles. The van der Waals surface area contributed by atoms with E-state index in [1.54, 1.807) is 0 Å². The van der Waals surface area contributed by atoms with Crippen LogP contribution in [0, 0.1) is 17.5 Å². The zero-order valence-corrected chi connectivity index (χ0v) is 12.1. The van der Waals surface area contributed by atoms with Crippen molar-refractivity contribution in [3.8, 4) is 11.4 Å². The van der Waals surface area contributed by atoms with Crippen LogP contribution in [0.4, 0.5) is 0 Å². The van der Waals surface area contributed by atoms with Crippen molar-refractivity contribution in [3.05, 3.63) is 39.6 Å². The molecule has 0 saturated heterocycles. The highest BCUT2D eigenvalue weighted by Crippen LogP contribution is 2.18. The quantitative estimate of drug-likeness (QED) is 0.632. The van der Waals surface area contributed by atoms with Gasteiger partial charge in [-0.3, -0.25) is 4.40 Å². The summed E-state index contributed by atoms with van der Waals surface area (Å²) in [6, 6.07) is 3.94. The van der Waals surface area contributed by atoms with Gasteiger partial charge in [0.05, 0.1) is 17.6 Å². The number of fused-ring (bicyclic) bond motifs is 1. The number of hydrogen-bond donors (Lipinski definition) is 0. The molecule has 3 heterocycles. The summed E-state index contributed by atoms with van der Waals surface area (Å²) in [7, 11) is 0. The third-order valence-electron chi connectivity index (χ3n) is 2.82. The molecule has 0 fully saturated rings. The summed E-state index contributed by atoms with van der Waals surface area (Å²) in [5.41, 5.74) is 3.58. The first-order valence-corrected chi connectivity index (χ1v) is 6.54. The van der Waals surface area contributed by atoms with Crippen LogP contribution in [0.3, 0.4) is 0 Å². The molecule has 0 amide bonds. The summed E-state index contributed by atoms with van der Waals surface area (Å²) in [5, 5.41) is 8.22. The van der Waals surface area contributed by atoms with Gasteiger partial charge in [0.2, 0.25) is 0 Å². The number of pyridine rings is 1. The standard InChI is InChI=1S/C12H10IN5/c1-7-8(2)16-17-12(15-7)9-3-4-18-10(13)6-14-11(18)5-9/h3-6H,1-2H3. The lowest BCUT2D eigenvalue weighted by atomic mass is 10.2. The van der Waals surface area contributed by atoms with Crippen LogP contribution in [0.25, 0.3) is 17.0 Å². The summed E-state index contributed by atoms with van der Waals surface area (Å²) in [4.78, 5) is 8.77. The second-order valence-corrected chi connectivity index (χ2v) is 5.14. The van der Waals surface area contributed by atoms with E-state index in [2.05, 4.69) is 42.8 Å². The summed E-state index contributed by atoms with van der Waals surface area (Å²) in [6.45, 7) is 3.84. The molecule has 0 spiro atoms. The Bertz CT molecular complexity index is 734. The minimum Gasteiger partial charge on any atom is -0.295 e. The zero-order valence-electron chi connectivity index (χ0n) is 9.92. The lowest BCUT2D eigenvalue weighted by Gasteiger charge is -2.03. The number of aryl methyl sites for hydroxylation is 2. The van der Waals surface area contributed by atoms with Gasteiger partial charge in [-0.1, -0.05) is 0 Å². The van der Waals surface area contributed by atoms with Gasteiger partial charge in [0.15, 0.2) is 5.82 Å². The molecule has 0 radical (unpaired) electrons. The maximum Gasteiger partial charge on any atom is 0.182 e. The second kappa shape index (κ2) is 4.27. The van der Waals surface area contributed by atoms with Gasteiger partial charge < -0.3 is 0 Å². The van der Waals surface area contributed by atoms with Gasteiger partial charge in [0.25, 0.3) is 0 Å². The molecule has 0 bridgehead atoms. The van der Waals surface area contributed by atoms with Crippen LogP contribution in [0.15, 0.2) is 24.5 Å². The minimum absolute atomic E-state index is 0.638. The highest BCUT2D eigenvalue weighted by molar-refractivity contribution is 14.1. The first-order valence-electron chi connectivity index (χ1n) is 5.46. The van der Waals surface area contributed by atoms with Crippen LogP contribution in [-0.2, 0) is 0 Å². The third-order valence-corrected chi connectivity index (χ3v) is 3.62. The number of halogens is 1. The summed E-state index contributed by atoms with van der Waals surface area (Å²) < 4.78 is 3.09. The Kier molecular flexibility index (Phi) is 2.73. The Morgan fingerprint density at radius 1 is 1.17 bits per heavy atom. The number of aromatic nitrogens is 5. The van der Waals surface area contributed by atoms with E-state index in [1.807, 2.05) is 42.8 Å². The fourth-order valence-electron chi connectivity index (χ4n) is 1.67. The lowest BCUT2D eigenvalue weighted by molar-refractivity contribution is 0.904. The predicted molar refractivity (Wildman–Crippen MR) is 76.2 cm³/mol. The molecular formula is C12H10IN5. The average molecular weight is 351 g/mol. The molecule has 0 unspecified atom stereocenters. The Labute approximate surface area is 117 Å². The van der Waals surface area contributed by atoms with Crippen LogP contribution in [0.1, 0.15) is 11.4 Å². The van der Waals surface area contributed by atoms with Gasteiger partial charge in [0, 0.05) is 11.8 Å².